The molecule has 34 heavy (non-hydrogen) atoms. The number of anilines is 2. The van der Waals surface area contributed by atoms with Gasteiger partial charge in [0, 0.05) is 37.2 Å². The molecule has 1 saturated heterocycles. The van der Waals surface area contributed by atoms with Crippen LogP contribution in [0.3, 0.4) is 0 Å². The molecule has 2 aromatic heterocycles. The Morgan fingerprint density at radius 2 is 1.97 bits per heavy atom. The zero-order valence-electron chi connectivity index (χ0n) is 18.8. The summed E-state index contributed by atoms with van der Waals surface area (Å²) in [4.78, 5) is 16.7. The van der Waals surface area contributed by atoms with Crippen LogP contribution in [0.15, 0.2) is 17.3 Å². The van der Waals surface area contributed by atoms with Gasteiger partial charge in [0.25, 0.3) is 0 Å². The molecule has 3 unspecified atom stereocenters. The number of nitriles is 1. The van der Waals surface area contributed by atoms with Gasteiger partial charge in [0.1, 0.15) is 23.5 Å². The number of halogens is 1. The van der Waals surface area contributed by atoms with Gasteiger partial charge < -0.3 is 15.3 Å². The number of nitrogens with one attached hydrogen (secondary N) is 1. The maximum atomic E-state index is 12.8. The minimum atomic E-state index is -1.18. The minimum absolute atomic E-state index is 0.0213. The monoisotopic (exact) mass is 498 g/mol. The summed E-state index contributed by atoms with van der Waals surface area (Å²) in [6.45, 7) is 1.69. The third kappa shape index (κ3) is 3.58. The van der Waals surface area contributed by atoms with Crippen molar-refractivity contribution in [3.05, 3.63) is 34.4 Å². The van der Waals surface area contributed by atoms with E-state index in [1.165, 1.54) is 0 Å². The SMILES string of the molecule is N#Cc1c(N2CC3CC(c4ncc(Cl)cn4)CC3C2)nc(NC2(CO)CCC2)c2c1CCS2=O. The van der Waals surface area contributed by atoms with Crippen LogP contribution in [0.1, 0.15) is 55.0 Å². The number of fused-ring (bicyclic) bond motifs is 2. The van der Waals surface area contributed by atoms with Gasteiger partial charge in [-0.15, -0.1) is 0 Å². The van der Waals surface area contributed by atoms with E-state index in [1.807, 2.05) is 0 Å². The second-order valence-electron chi connectivity index (χ2n) is 10.1. The summed E-state index contributed by atoms with van der Waals surface area (Å²) in [6, 6.07) is 2.38. The first-order valence-corrected chi connectivity index (χ1v) is 13.7. The lowest BCUT2D eigenvalue weighted by Crippen LogP contribution is -2.48. The Hall–Kier alpha value is -2.28. The van der Waals surface area contributed by atoms with Crippen LogP contribution >= 0.6 is 11.6 Å². The second kappa shape index (κ2) is 8.43. The van der Waals surface area contributed by atoms with E-state index in [2.05, 4.69) is 26.3 Å². The highest BCUT2D eigenvalue weighted by atomic mass is 35.5. The molecule has 4 aliphatic rings. The molecule has 4 heterocycles. The fourth-order valence-electron chi connectivity index (χ4n) is 6.21. The van der Waals surface area contributed by atoms with Crippen LogP contribution < -0.4 is 10.2 Å². The maximum Gasteiger partial charge on any atom is 0.149 e. The fourth-order valence-corrected chi connectivity index (χ4v) is 7.69. The molecule has 8 nitrogen and oxygen atoms in total. The van der Waals surface area contributed by atoms with E-state index in [0.717, 1.165) is 56.6 Å². The average Bonchev–Trinajstić information content (AvgIpc) is 3.50. The molecule has 2 aliphatic carbocycles. The summed E-state index contributed by atoms with van der Waals surface area (Å²) in [6.07, 6.45) is 8.76. The molecule has 2 aromatic rings. The molecule has 2 N–H and O–H groups in total. The number of aliphatic hydroxyl groups excluding tert-OH is 1. The molecule has 0 radical (unpaired) electrons. The number of hydrogen-bond donors (Lipinski definition) is 2. The molecule has 2 saturated carbocycles. The quantitative estimate of drug-likeness (QED) is 0.646. The lowest BCUT2D eigenvalue weighted by atomic mass is 9.77. The Morgan fingerprint density at radius 3 is 2.56 bits per heavy atom. The van der Waals surface area contributed by atoms with E-state index in [1.54, 1.807) is 12.4 Å². The van der Waals surface area contributed by atoms with Gasteiger partial charge in [-0.25, -0.2) is 15.0 Å². The van der Waals surface area contributed by atoms with E-state index in [0.29, 0.717) is 57.0 Å². The molecule has 10 heteroatoms. The van der Waals surface area contributed by atoms with Gasteiger partial charge >= 0.3 is 0 Å². The van der Waals surface area contributed by atoms with Crippen LogP contribution in [0.5, 0.6) is 0 Å². The summed E-state index contributed by atoms with van der Waals surface area (Å²) < 4.78 is 12.8. The van der Waals surface area contributed by atoms with Gasteiger partial charge in [-0.3, -0.25) is 4.21 Å². The van der Waals surface area contributed by atoms with E-state index < -0.39 is 16.3 Å². The summed E-state index contributed by atoms with van der Waals surface area (Å²) in [5.74, 6) is 3.99. The first-order chi connectivity index (χ1) is 16.5. The lowest BCUT2D eigenvalue weighted by molar-refractivity contribution is 0.143. The van der Waals surface area contributed by atoms with Crippen molar-refractivity contribution in [3.8, 4) is 6.07 Å². The molecule has 2 aliphatic heterocycles. The van der Waals surface area contributed by atoms with Gasteiger partial charge in [-0.2, -0.15) is 5.26 Å². The van der Waals surface area contributed by atoms with Crippen molar-refractivity contribution in [1.82, 2.24) is 15.0 Å². The van der Waals surface area contributed by atoms with E-state index >= 15 is 0 Å². The van der Waals surface area contributed by atoms with Crippen LogP contribution in [0.25, 0.3) is 0 Å². The minimum Gasteiger partial charge on any atom is -0.394 e. The normalized spacial score (nSPS) is 28.8. The van der Waals surface area contributed by atoms with Gasteiger partial charge in [-0.1, -0.05) is 11.6 Å². The van der Waals surface area contributed by atoms with Gasteiger partial charge in [0.2, 0.25) is 0 Å². The van der Waals surface area contributed by atoms with E-state index in [4.69, 9.17) is 16.6 Å². The van der Waals surface area contributed by atoms with Crippen LogP contribution in [-0.4, -0.2) is 55.3 Å². The standard InChI is InChI=1S/C24H27ClN6O2S/c25-17-9-27-21(28-10-17)14-6-15-11-31(12-16(15)7-14)23-19(8-26)18-2-5-34(33)20(18)22(29-23)30-24(13-32)3-1-4-24/h9-10,14-16,32H,1-7,11-13H2,(H,29,30). The van der Waals surface area contributed by atoms with Crippen LogP contribution in [-0.2, 0) is 17.2 Å². The highest BCUT2D eigenvalue weighted by molar-refractivity contribution is 7.85. The Labute approximate surface area is 206 Å². The molecule has 0 spiro atoms. The molecular formula is C24H27ClN6O2S. The van der Waals surface area contributed by atoms with Crippen LogP contribution in [0.2, 0.25) is 5.02 Å². The number of nitrogens with zero attached hydrogens (tertiary/aromatic N) is 5. The molecule has 178 valence electrons. The Kier molecular flexibility index (Phi) is 5.51. The number of pyridine rings is 1. The molecule has 0 bridgehead atoms. The molecule has 3 fully saturated rings. The first kappa shape index (κ1) is 22.2. The van der Waals surface area contributed by atoms with Crippen molar-refractivity contribution in [2.45, 2.75) is 54.9 Å². The summed E-state index contributed by atoms with van der Waals surface area (Å²) in [5, 5.41) is 24.1. The Morgan fingerprint density at radius 1 is 1.26 bits per heavy atom. The molecule has 3 atom stereocenters. The van der Waals surface area contributed by atoms with Gasteiger partial charge in [-0.05, 0) is 55.9 Å². The van der Waals surface area contributed by atoms with Crippen molar-refractivity contribution in [2.75, 3.05) is 35.7 Å². The van der Waals surface area contributed by atoms with Crippen LogP contribution in [0, 0.1) is 23.2 Å². The third-order valence-electron chi connectivity index (χ3n) is 8.16. The lowest BCUT2D eigenvalue weighted by Gasteiger charge is -2.42. The fraction of sp³-hybridized carbons (Fsp3) is 0.583. The molecule has 6 rings (SSSR count). The number of rotatable bonds is 5. The number of aliphatic hydroxyl groups is 1. The highest BCUT2D eigenvalue weighted by Crippen LogP contribution is 2.48. The average molecular weight is 499 g/mol. The van der Waals surface area contributed by atoms with Gasteiger partial charge in [0.15, 0.2) is 0 Å². The van der Waals surface area contributed by atoms with Crippen molar-refractivity contribution >= 4 is 34.0 Å². The summed E-state index contributed by atoms with van der Waals surface area (Å²) >= 11 is 5.95. The van der Waals surface area contributed by atoms with Crippen molar-refractivity contribution in [3.63, 3.8) is 0 Å². The largest absolute Gasteiger partial charge is 0.394 e. The summed E-state index contributed by atoms with van der Waals surface area (Å²) in [7, 11) is -1.18. The zero-order chi connectivity index (χ0) is 23.4. The molecule has 0 aromatic carbocycles. The Balaban J connectivity index is 1.29. The topological polar surface area (TPSA) is 115 Å². The number of aromatic nitrogens is 3. The molecular weight excluding hydrogens is 472 g/mol. The second-order valence-corrected chi connectivity index (χ2v) is 12.1. The van der Waals surface area contributed by atoms with Crippen molar-refractivity contribution in [1.29, 1.82) is 5.26 Å². The first-order valence-electron chi connectivity index (χ1n) is 12.0. The third-order valence-corrected chi connectivity index (χ3v) is 9.83. The van der Waals surface area contributed by atoms with E-state index in [9.17, 15) is 14.6 Å². The predicted molar refractivity (Wildman–Crippen MR) is 129 cm³/mol. The van der Waals surface area contributed by atoms with Gasteiger partial charge in [0.05, 0.1) is 38.4 Å². The Bertz CT molecular complexity index is 1180. The summed E-state index contributed by atoms with van der Waals surface area (Å²) in [5.41, 5.74) is 1.03. The highest BCUT2D eigenvalue weighted by Gasteiger charge is 2.44. The smallest absolute Gasteiger partial charge is 0.149 e. The predicted octanol–water partition coefficient (Wildman–Crippen LogP) is 3.02. The van der Waals surface area contributed by atoms with Crippen molar-refractivity contribution < 1.29 is 9.32 Å². The zero-order valence-corrected chi connectivity index (χ0v) is 20.4. The maximum absolute atomic E-state index is 12.8. The number of hydrogen-bond acceptors (Lipinski definition) is 8. The molecule has 0 amide bonds. The van der Waals surface area contributed by atoms with Crippen LogP contribution in [0.4, 0.5) is 11.6 Å². The van der Waals surface area contributed by atoms with Crippen molar-refractivity contribution in [2.24, 2.45) is 11.8 Å². The van der Waals surface area contributed by atoms with E-state index in [-0.39, 0.29) is 6.61 Å².